The third-order valence-electron chi connectivity index (χ3n) is 3.21. The van der Waals surface area contributed by atoms with Gasteiger partial charge >= 0.3 is 5.97 Å². The summed E-state index contributed by atoms with van der Waals surface area (Å²) in [5, 5.41) is 9.66. The molecule has 0 radical (unpaired) electrons. The van der Waals surface area contributed by atoms with Crippen LogP contribution in [0.2, 0.25) is 0 Å². The molecule has 1 aromatic heterocycles. The Balaban J connectivity index is 2.19. The third kappa shape index (κ3) is 2.72. The SMILES string of the molecule is COC(=O)C1CC(O)CN1C(=O)c1ccc(OC)nc1. The van der Waals surface area contributed by atoms with E-state index in [4.69, 9.17) is 4.74 Å². The minimum atomic E-state index is -0.760. The lowest BCUT2D eigenvalue weighted by Gasteiger charge is -2.22. The molecule has 0 aromatic carbocycles. The van der Waals surface area contributed by atoms with E-state index in [1.807, 2.05) is 0 Å². The molecule has 1 amide bonds. The van der Waals surface area contributed by atoms with E-state index >= 15 is 0 Å². The van der Waals surface area contributed by atoms with Crippen molar-refractivity contribution in [1.82, 2.24) is 9.88 Å². The van der Waals surface area contributed by atoms with Gasteiger partial charge < -0.3 is 19.5 Å². The van der Waals surface area contributed by atoms with Gasteiger partial charge in [-0.3, -0.25) is 4.79 Å². The number of methoxy groups -OCH3 is 2. The molecule has 0 saturated carbocycles. The standard InChI is InChI=1S/C13H16N2O5/c1-19-11-4-3-8(6-14-11)12(17)15-7-9(16)5-10(15)13(18)20-2/h3-4,6,9-10,16H,5,7H2,1-2H3. The Morgan fingerprint density at radius 1 is 1.40 bits per heavy atom. The van der Waals surface area contributed by atoms with Crippen molar-refractivity contribution in [2.75, 3.05) is 20.8 Å². The topological polar surface area (TPSA) is 89.0 Å². The van der Waals surface area contributed by atoms with Gasteiger partial charge in [0.05, 0.1) is 25.9 Å². The van der Waals surface area contributed by atoms with Crippen molar-refractivity contribution in [1.29, 1.82) is 0 Å². The number of ether oxygens (including phenoxy) is 2. The van der Waals surface area contributed by atoms with Gasteiger partial charge in [0, 0.05) is 25.2 Å². The molecule has 1 N–H and O–H groups in total. The molecule has 20 heavy (non-hydrogen) atoms. The van der Waals surface area contributed by atoms with E-state index in [2.05, 4.69) is 9.72 Å². The highest BCUT2D eigenvalue weighted by molar-refractivity contribution is 5.97. The van der Waals surface area contributed by atoms with E-state index in [1.54, 1.807) is 12.1 Å². The number of aliphatic hydroxyl groups is 1. The molecular formula is C13H16N2O5. The average molecular weight is 280 g/mol. The quantitative estimate of drug-likeness (QED) is 0.774. The van der Waals surface area contributed by atoms with Crippen molar-refractivity contribution in [3.8, 4) is 5.88 Å². The van der Waals surface area contributed by atoms with Gasteiger partial charge in [-0.05, 0) is 6.07 Å². The summed E-state index contributed by atoms with van der Waals surface area (Å²) in [6.07, 6.45) is 0.830. The van der Waals surface area contributed by atoms with Gasteiger partial charge in [-0.1, -0.05) is 0 Å². The Morgan fingerprint density at radius 2 is 2.15 bits per heavy atom. The van der Waals surface area contributed by atoms with Crippen molar-refractivity contribution in [3.63, 3.8) is 0 Å². The number of amides is 1. The second-order valence-electron chi connectivity index (χ2n) is 4.48. The summed E-state index contributed by atoms with van der Waals surface area (Å²) >= 11 is 0. The fraction of sp³-hybridized carbons (Fsp3) is 0.462. The van der Waals surface area contributed by atoms with Gasteiger partial charge in [-0.15, -0.1) is 0 Å². The summed E-state index contributed by atoms with van der Waals surface area (Å²) in [6.45, 7) is 0.102. The predicted molar refractivity (Wildman–Crippen MR) is 68.3 cm³/mol. The van der Waals surface area contributed by atoms with E-state index in [0.29, 0.717) is 11.4 Å². The van der Waals surface area contributed by atoms with E-state index in [-0.39, 0.29) is 18.9 Å². The molecule has 1 saturated heterocycles. The molecule has 7 heteroatoms. The lowest BCUT2D eigenvalue weighted by atomic mass is 10.2. The number of nitrogens with zero attached hydrogens (tertiary/aromatic N) is 2. The molecule has 0 bridgehead atoms. The molecule has 1 aliphatic heterocycles. The van der Waals surface area contributed by atoms with Crippen LogP contribution in [0.5, 0.6) is 5.88 Å². The van der Waals surface area contributed by atoms with Crippen molar-refractivity contribution in [3.05, 3.63) is 23.9 Å². The molecule has 1 aromatic rings. The summed E-state index contributed by atoms with van der Waals surface area (Å²) < 4.78 is 9.57. The van der Waals surface area contributed by atoms with E-state index < -0.39 is 18.1 Å². The summed E-state index contributed by atoms with van der Waals surface area (Å²) in [5.41, 5.74) is 0.328. The van der Waals surface area contributed by atoms with Crippen molar-refractivity contribution < 1.29 is 24.2 Å². The zero-order chi connectivity index (χ0) is 14.7. The third-order valence-corrected chi connectivity index (χ3v) is 3.21. The number of hydrogen-bond acceptors (Lipinski definition) is 6. The summed E-state index contributed by atoms with van der Waals surface area (Å²) in [4.78, 5) is 29.2. The summed E-state index contributed by atoms with van der Waals surface area (Å²) in [7, 11) is 2.73. The number of carbonyl (C=O) groups excluding carboxylic acids is 2. The predicted octanol–water partition coefficient (Wildman–Crippen LogP) is -0.161. The van der Waals surface area contributed by atoms with Crippen LogP contribution in [0.3, 0.4) is 0 Å². The second kappa shape index (κ2) is 5.87. The first-order chi connectivity index (χ1) is 9.56. The van der Waals surface area contributed by atoms with Crippen molar-refractivity contribution in [2.24, 2.45) is 0 Å². The van der Waals surface area contributed by atoms with Crippen LogP contribution < -0.4 is 4.74 Å². The molecule has 1 fully saturated rings. The molecule has 1 aliphatic rings. The van der Waals surface area contributed by atoms with Crippen molar-refractivity contribution in [2.45, 2.75) is 18.6 Å². The zero-order valence-electron chi connectivity index (χ0n) is 11.3. The highest BCUT2D eigenvalue weighted by Gasteiger charge is 2.39. The van der Waals surface area contributed by atoms with Gasteiger partial charge in [0.15, 0.2) is 0 Å². The van der Waals surface area contributed by atoms with E-state index in [1.165, 1.54) is 25.3 Å². The van der Waals surface area contributed by atoms with Gasteiger partial charge in [0.2, 0.25) is 5.88 Å². The van der Waals surface area contributed by atoms with Crippen LogP contribution in [0.4, 0.5) is 0 Å². The van der Waals surface area contributed by atoms with Gasteiger partial charge in [0.1, 0.15) is 6.04 Å². The molecule has 2 unspecified atom stereocenters. The number of hydrogen-bond donors (Lipinski definition) is 1. The maximum Gasteiger partial charge on any atom is 0.328 e. The number of carbonyl (C=O) groups is 2. The van der Waals surface area contributed by atoms with Gasteiger partial charge in [0.25, 0.3) is 5.91 Å². The molecule has 108 valence electrons. The molecule has 0 spiro atoms. The normalized spacial score (nSPS) is 21.6. The van der Waals surface area contributed by atoms with Crippen LogP contribution in [-0.4, -0.2) is 59.8 Å². The maximum atomic E-state index is 12.3. The second-order valence-corrected chi connectivity index (χ2v) is 4.48. The molecule has 2 rings (SSSR count). The van der Waals surface area contributed by atoms with Crippen LogP contribution in [-0.2, 0) is 9.53 Å². The molecule has 0 aliphatic carbocycles. The Bertz CT molecular complexity index is 502. The molecule has 7 nitrogen and oxygen atoms in total. The van der Waals surface area contributed by atoms with Crippen LogP contribution in [0, 0.1) is 0 Å². The highest BCUT2D eigenvalue weighted by Crippen LogP contribution is 2.22. The number of likely N-dealkylation sites (tertiary alicyclic amines) is 1. The molecule has 2 heterocycles. The Labute approximate surface area is 116 Å². The lowest BCUT2D eigenvalue weighted by molar-refractivity contribution is -0.145. The minimum Gasteiger partial charge on any atom is -0.481 e. The van der Waals surface area contributed by atoms with Gasteiger partial charge in [-0.25, -0.2) is 9.78 Å². The average Bonchev–Trinajstić information content (AvgIpc) is 2.87. The van der Waals surface area contributed by atoms with E-state index in [0.717, 1.165) is 0 Å². The number of β-amino-alcohol motifs (C(OH)–C–C–N with tert-alkyl or cyclic N) is 1. The lowest BCUT2D eigenvalue weighted by Crippen LogP contribution is -2.41. The molecular weight excluding hydrogens is 264 g/mol. The first-order valence-corrected chi connectivity index (χ1v) is 6.13. The first-order valence-electron chi connectivity index (χ1n) is 6.13. The van der Waals surface area contributed by atoms with Crippen molar-refractivity contribution >= 4 is 11.9 Å². The molecule has 2 atom stereocenters. The summed E-state index contributed by atoms with van der Waals surface area (Å²) in [6, 6.07) is 2.37. The number of aromatic nitrogens is 1. The van der Waals surface area contributed by atoms with Gasteiger partial charge in [-0.2, -0.15) is 0 Å². The van der Waals surface area contributed by atoms with Crippen LogP contribution in [0.25, 0.3) is 0 Å². The Hall–Kier alpha value is -2.15. The smallest absolute Gasteiger partial charge is 0.328 e. The van der Waals surface area contributed by atoms with Crippen LogP contribution in [0.1, 0.15) is 16.8 Å². The largest absolute Gasteiger partial charge is 0.481 e. The number of aliphatic hydroxyl groups excluding tert-OH is 1. The fourth-order valence-electron chi connectivity index (χ4n) is 2.19. The highest BCUT2D eigenvalue weighted by atomic mass is 16.5. The monoisotopic (exact) mass is 280 g/mol. The number of pyridine rings is 1. The minimum absolute atomic E-state index is 0.102. The van der Waals surface area contributed by atoms with E-state index in [9.17, 15) is 14.7 Å². The van der Waals surface area contributed by atoms with Crippen LogP contribution in [0.15, 0.2) is 18.3 Å². The zero-order valence-corrected chi connectivity index (χ0v) is 11.3. The Morgan fingerprint density at radius 3 is 2.70 bits per heavy atom. The fourth-order valence-corrected chi connectivity index (χ4v) is 2.19. The maximum absolute atomic E-state index is 12.3. The van der Waals surface area contributed by atoms with Crippen LogP contribution >= 0.6 is 0 Å². The Kier molecular flexibility index (Phi) is 4.19. The number of esters is 1. The summed E-state index contributed by atoms with van der Waals surface area (Å²) in [5.74, 6) is -0.504. The number of rotatable bonds is 3. The first kappa shape index (κ1) is 14.3.